The highest BCUT2D eigenvalue weighted by molar-refractivity contribution is 7.10. The van der Waals surface area contributed by atoms with Crippen molar-refractivity contribution in [3.63, 3.8) is 0 Å². The summed E-state index contributed by atoms with van der Waals surface area (Å²) in [6, 6.07) is 18.2. The monoisotopic (exact) mass is 486 g/mol. The Morgan fingerprint density at radius 1 is 1.03 bits per heavy atom. The van der Waals surface area contributed by atoms with Gasteiger partial charge in [0.25, 0.3) is 5.56 Å². The molecule has 1 aliphatic heterocycles. The van der Waals surface area contributed by atoms with Gasteiger partial charge in [0.1, 0.15) is 0 Å². The molecule has 0 N–H and O–H groups in total. The number of thiazole rings is 1. The maximum Gasteiger partial charge on any atom is 0.271 e. The Kier molecular flexibility index (Phi) is 5.23. The fraction of sp³-hybridized carbons (Fsp3) is 0.185. The lowest BCUT2D eigenvalue weighted by atomic mass is 9.85. The lowest BCUT2D eigenvalue weighted by Crippen LogP contribution is -2.38. The Hall–Kier alpha value is -3.42. The van der Waals surface area contributed by atoms with E-state index in [1.54, 1.807) is 25.6 Å². The number of thiophene rings is 1. The lowest BCUT2D eigenvalue weighted by Gasteiger charge is -2.30. The van der Waals surface area contributed by atoms with Gasteiger partial charge < -0.3 is 9.47 Å². The third kappa shape index (κ3) is 3.35. The highest BCUT2D eigenvalue weighted by Gasteiger charge is 2.32. The van der Waals surface area contributed by atoms with Crippen LogP contribution in [0.25, 0.3) is 11.8 Å². The third-order valence-corrected chi connectivity index (χ3v) is 8.30. The summed E-state index contributed by atoms with van der Waals surface area (Å²) in [5.41, 5.74) is 5.62. The topological polar surface area (TPSA) is 52.8 Å². The normalized spacial score (nSPS) is 17.0. The third-order valence-electron chi connectivity index (χ3n) is 6.39. The predicted octanol–water partition coefficient (Wildman–Crippen LogP) is 4.40. The van der Waals surface area contributed by atoms with Crippen LogP contribution in [-0.4, -0.2) is 18.8 Å². The summed E-state index contributed by atoms with van der Waals surface area (Å²) in [4.78, 5) is 20.7. The second-order valence-corrected chi connectivity index (χ2v) is 10.2. The van der Waals surface area contributed by atoms with Crippen molar-refractivity contribution in [3.8, 4) is 11.5 Å². The minimum Gasteiger partial charge on any atom is -0.493 e. The van der Waals surface area contributed by atoms with Crippen molar-refractivity contribution >= 4 is 34.4 Å². The van der Waals surface area contributed by atoms with Gasteiger partial charge in [0, 0.05) is 10.4 Å². The van der Waals surface area contributed by atoms with Crippen LogP contribution in [0, 0.1) is 0 Å². The molecule has 2 aliphatic rings. The summed E-state index contributed by atoms with van der Waals surface area (Å²) in [5.74, 6) is 1.29. The number of methoxy groups -OCH3 is 2. The van der Waals surface area contributed by atoms with Gasteiger partial charge >= 0.3 is 0 Å². The van der Waals surface area contributed by atoms with E-state index in [1.807, 2.05) is 28.8 Å². The molecule has 0 fully saturated rings. The zero-order chi connectivity index (χ0) is 23.2. The smallest absolute Gasteiger partial charge is 0.271 e. The maximum absolute atomic E-state index is 13.7. The highest BCUT2D eigenvalue weighted by atomic mass is 32.1. The zero-order valence-electron chi connectivity index (χ0n) is 18.8. The highest BCUT2D eigenvalue weighted by Crippen LogP contribution is 2.42. The molecule has 0 radical (unpaired) electrons. The van der Waals surface area contributed by atoms with Crippen LogP contribution in [0.5, 0.6) is 11.5 Å². The van der Waals surface area contributed by atoms with Crippen LogP contribution >= 0.6 is 22.7 Å². The molecule has 5 nitrogen and oxygen atoms in total. The number of rotatable bonds is 4. The number of hydrogen-bond donors (Lipinski definition) is 0. The first kappa shape index (κ1) is 21.1. The summed E-state index contributed by atoms with van der Waals surface area (Å²) in [7, 11) is 3.22. The average Bonchev–Trinajstić information content (AvgIpc) is 3.51. The molecule has 0 saturated carbocycles. The molecule has 2 aromatic carbocycles. The number of allylic oxidation sites excluding steroid dienone is 1. The van der Waals surface area contributed by atoms with Crippen molar-refractivity contribution in [3.05, 3.63) is 107 Å². The molecule has 0 bridgehead atoms. The van der Waals surface area contributed by atoms with Crippen LogP contribution in [-0.2, 0) is 6.42 Å². The Morgan fingerprint density at radius 3 is 2.68 bits per heavy atom. The summed E-state index contributed by atoms with van der Waals surface area (Å²) >= 11 is 3.13. The van der Waals surface area contributed by atoms with E-state index in [4.69, 9.17) is 14.5 Å². The molecular weight excluding hydrogens is 464 g/mol. The first-order valence-corrected chi connectivity index (χ1v) is 12.8. The standard InChI is InChI=1S/C27H22N2O3S2/c1-31-20-12-9-16(14-21(20)32-2)15-23-26(30)29-25(22-8-5-13-33-22)19-11-10-17-6-3-4-7-18(17)24(19)28-27(29)34-23/h3-9,12-15,25H,10-11H2,1-2H3/b23-15+/t25-/m0/s1. The Bertz CT molecular complexity index is 1610. The van der Waals surface area contributed by atoms with E-state index < -0.39 is 0 Å². The first-order chi connectivity index (χ1) is 16.7. The van der Waals surface area contributed by atoms with Crippen LogP contribution in [0.2, 0.25) is 0 Å². The van der Waals surface area contributed by atoms with Crippen LogP contribution in [0.15, 0.2) is 75.3 Å². The lowest BCUT2D eigenvalue weighted by molar-refractivity contribution is 0.355. The van der Waals surface area contributed by atoms with Crippen LogP contribution in [0.4, 0.5) is 0 Å². The van der Waals surface area contributed by atoms with Crippen LogP contribution < -0.4 is 24.4 Å². The number of ether oxygens (including phenoxy) is 2. The summed E-state index contributed by atoms with van der Waals surface area (Å²) in [5, 5.41) is 2.08. The van der Waals surface area contributed by atoms with E-state index in [-0.39, 0.29) is 11.6 Å². The van der Waals surface area contributed by atoms with Crippen molar-refractivity contribution in [1.29, 1.82) is 0 Å². The quantitative estimate of drug-likeness (QED) is 0.430. The van der Waals surface area contributed by atoms with E-state index >= 15 is 0 Å². The molecule has 0 saturated heterocycles. The van der Waals surface area contributed by atoms with Gasteiger partial charge in [-0.05, 0) is 59.2 Å². The molecule has 1 aliphatic carbocycles. The van der Waals surface area contributed by atoms with Gasteiger partial charge in [0.15, 0.2) is 16.3 Å². The van der Waals surface area contributed by atoms with Crippen molar-refractivity contribution in [2.45, 2.75) is 18.9 Å². The van der Waals surface area contributed by atoms with Crippen LogP contribution in [0.1, 0.15) is 34.0 Å². The largest absolute Gasteiger partial charge is 0.493 e. The zero-order valence-corrected chi connectivity index (χ0v) is 20.4. The summed E-state index contributed by atoms with van der Waals surface area (Å²) in [6.07, 6.45) is 3.77. The minimum absolute atomic E-state index is 0.0117. The molecule has 6 rings (SSSR count). The van der Waals surface area contributed by atoms with Crippen molar-refractivity contribution in [1.82, 2.24) is 4.57 Å². The van der Waals surface area contributed by atoms with Gasteiger partial charge in [-0.15, -0.1) is 11.3 Å². The summed E-state index contributed by atoms with van der Waals surface area (Å²) < 4.78 is 13.3. The number of hydrogen-bond acceptors (Lipinski definition) is 6. The predicted molar refractivity (Wildman–Crippen MR) is 137 cm³/mol. The molecule has 7 heteroatoms. The Balaban J connectivity index is 1.57. The Labute approximate surface area is 204 Å². The molecule has 170 valence electrons. The minimum atomic E-state index is -0.118. The van der Waals surface area contributed by atoms with E-state index in [1.165, 1.54) is 32.9 Å². The fourth-order valence-electron chi connectivity index (χ4n) is 4.81. The van der Waals surface area contributed by atoms with Crippen molar-refractivity contribution in [2.75, 3.05) is 14.2 Å². The molecule has 2 aromatic heterocycles. The Morgan fingerprint density at radius 2 is 1.88 bits per heavy atom. The van der Waals surface area contributed by atoms with Gasteiger partial charge in [-0.1, -0.05) is 47.7 Å². The SMILES string of the molecule is COc1ccc(/C=c2/sc3n(c2=O)[C@H](c2cccs2)C2=C(N=3)c3ccccc3CC2)cc1OC. The van der Waals surface area contributed by atoms with E-state index in [2.05, 4.69) is 41.8 Å². The number of benzene rings is 2. The van der Waals surface area contributed by atoms with Crippen molar-refractivity contribution in [2.24, 2.45) is 4.99 Å². The first-order valence-electron chi connectivity index (χ1n) is 11.1. The fourth-order valence-corrected chi connectivity index (χ4v) is 6.66. The molecule has 3 heterocycles. The van der Waals surface area contributed by atoms with Gasteiger partial charge in [0.2, 0.25) is 0 Å². The van der Waals surface area contributed by atoms with Gasteiger partial charge in [-0.25, -0.2) is 4.99 Å². The van der Waals surface area contributed by atoms with E-state index in [9.17, 15) is 4.79 Å². The van der Waals surface area contributed by atoms with Crippen molar-refractivity contribution < 1.29 is 9.47 Å². The van der Waals surface area contributed by atoms with Gasteiger partial charge in [-0.2, -0.15) is 0 Å². The number of nitrogens with zero attached hydrogens (tertiary/aromatic N) is 2. The number of aryl methyl sites for hydroxylation is 1. The average molecular weight is 487 g/mol. The van der Waals surface area contributed by atoms with Gasteiger partial charge in [-0.3, -0.25) is 9.36 Å². The molecule has 34 heavy (non-hydrogen) atoms. The maximum atomic E-state index is 13.7. The number of aromatic nitrogens is 1. The molecular formula is C27H22N2O3S2. The van der Waals surface area contributed by atoms with Crippen LogP contribution in [0.3, 0.4) is 0 Å². The van der Waals surface area contributed by atoms with Gasteiger partial charge in [0.05, 0.1) is 30.5 Å². The summed E-state index contributed by atoms with van der Waals surface area (Å²) in [6.45, 7) is 0. The molecule has 1 atom stereocenters. The van der Waals surface area contributed by atoms with E-state index in [0.717, 1.165) is 28.9 Å². The van der Waals surface area contributed by atoms with E-state index in [0.29, 0.717) is 16.0 Å². The number of fused-ring (bicyclic) bond motifs is 3. The molecule has 4 aromatic rings. The second-order valence-electron chi connectivity index (χ2n) is 8.24. The molecule has 0 amide bonds. The second kappa shape index (κ2) is 8.42. The molecule has 0 spiro atoms. The molecule has 0 unspecified atom stereocenters.